The van der Waals surface area contributed by atoms with Crippen molar-refractivity contribution >= 4 is 19.7 Å². The normalized spacial score (nSPS) is 14.7. The molecule has 1 aromatic rings. The van der Waals surface area contributed by atoms with Crippen LogP contribution < -0.4 is 4.90 Å². The summed E-state index contributed by atoms with van der Waals surface area (Å²) < 4.78 is 61.2. The van der Waals surface area contributed by atoms with Crippen LogP contribution in [0, 0.1) is 0 Å². The van der Waals surface area contributed by atoms with E-state index in [9.17, 15) is 25.2 Å². The van der Waals surface area contributed by atoms with Crippen molar-refractivity contribution in [2.24, 2.45) is 0 Å². The molecule has 9 heteroatoms. The van der Waals surface area contributed by atoms with Gasteiger partial charge in [-0.15, -0.1) is 0 Å². The molecule has 0 aliphatic rings. The fourth-order valence-electron chi connectivity index (χ4n) is 1.21. The number of hydrogen-bond donors (Lipinski definition) is 0. The van der Waals surface area contributed by atoms with Crippen molar-refractivity contribution in [2.45, 2.75) is 0 Å². The maximum absolute atomic E-state index is 10.7. The van der Waals surface area contributed by atoms with Crippen LogP contribution in [0.25, 0.3) is 0 Å². The third kappa shape index (κ3) is 20.2. The zero-order chi connectivity index (χ0) is 18.2. The molecule has 0 saturated carbocycles. The molecule has 0 spiro atoms. The van der Waals surface area contributed by atoms with E-state index in [0.717, 1.165) is 0 Å². The number of halogens is 6. The van der Waals surface area contributed by atoms with Gasteiger partial charge in [-0.2, -0.15) is 0 Å². The Labute approximate surface area is 131 Å². The van der Waals surface area contributed by atoms with E-state index in [1.165, 1.54) is 5.69 Å². The van der Waals surface area contributed by atoms with Gasteiger partial charge < -0.3 is 4.90 Å². The van der Waals surface area contributed by atoms with E-state index >= 15 is 0 Å². The molecule has 132 valence electrons. The Morgan fingerprint density at radius 3 is 1.78 bits per heavy atom. The van der Waals surface area contributed by atoms with Crippen LogP contribution in [0.5, 0.6) is 0 Å². The quantitative estimate of drug-likeness (QED) is 0.212. The first-order valence-corrected chi connectivity index (χ1v) is 8.37. The Morgan fingerprint density at radius 2 is 1.35 bits per heavy atom. The number of para-hydroxylation sites is 1. The number of allylic oxidation sites excluding steroid dienone is 3. The molecular weight excluding hydrogens is 341 g/mol. The van der Waals surface area contributed by atoms with E-state index in [1.807, 2.05) is 74.6 Å². The second-order valence-electron chi connectivity index (χ2n) is 4.74. The second-order valence-corrected chi connectivity index (χ2v) is 6.66. The molecule has 0 N–H and O–H groups in total. The second kappa shape index (κ2) is 7.17. The number of rotatable bonds is 4. The number of hydrogen-bond acceptors (Lipinski definition) is 1. The monoisotopic (exact) mass is 360 g/mol. The van der Waals surface area contributed by atoms with Crippen molar-refractivity contribution < 1.29 is 29.8 Å². The van der Waals surface area contributed by atoms with Gasteiger partial charge in [-0.1, -0.05) is 24.3 Å². The Balaban J connectivity index is 0.000000585. The molecule has 23 heavy (non-hydrogen) atoms. The molecule has 1 rings (SSSR count). The van der Waals surface area contributed by atoms with Gasteiger partial charge in [0.2, 0.25) is 0 Å². The fraction of sp³-hybridized carbons (Fsp3) is 0.214. The molecule has 0 amide bonds. The Kier molecular flexibility index (Phi) is 6.60. The summed E-state index contributed by atoms with van der Waals surface area (Å²) in [6, 6.07) is 10.3. The first-order valence-electron chi connectivity index (χ1n) is 6.34. The average Bonchev–Trinajstić information content (AvgIpc) is 2.35. The summed E-state index contributed by atoms with van der Waals surface area (Å²) >= 11 is 0. The molecule has 0 heterocycles. The Morgan fingerprint density at radius 1 is 0.870 bits per heavy atom. The SMILES string of the molecule is CN(/C=C/C=C/C=[N+](C)C)c1ccccc1.F[P-](F)(F)(F)(F)F. The van der Waals surface area contributed by atoms with Gasteiger partial charge >= 0.3 is 33.0 Å². The third-order valence-electron chi connectivity index (χ3n) is 2.08. The van der Waals surface area contributed by atoms with Crippen molar-refractivity contribution in [1.82, 2.24) is 0 Å². The fourth-order valence-corrected chi connectivity index (χ4v) is 1.21. The summed E-state index contributed by atoms with van der Waals surface area (Å²) in [5.41, 5.74) is 1.18. The first kappa shape index (κ1) is 21.2. The van der Waals surface area contributed by atoms with E-state index in [0.29, 0.717) is 0 Å². The zero-order valence-corrected chi connectivity index (χ0v) is 13.8. The van der Waals surface area contributed by atoms with Gasteiger partial charge in [-0.25, -0.2) is 4.58 Å². The van der Waals surface area contributed by atoms with Crippen molar-refractivity contribution in [1.29, 1.82) is 0 Å². The van der Waals surface area contributed by atoms with Crippen LogP contribution in [-0.4, -0.2) is 31.9 Å². The molecule has 0 radical (unpaired) electrons. The van der Waals surface area contributed by atoms with Crippen molar-refractivity contribution in [2.75, 3.05) is 26.0 Å². The Bertz CT molecular complexity index is 560. The Hall–Kier alpha value is -1.82. The summed E-state index contributed by atoms with van der Waals surface area (Å²) in [6.45, 7) is 0. The van der Waals surface area contributed by atoms with Gasteiger partial charge in [0, 0.05) is 25.0 Å². The molecule has 0 fully saturated rings. The molecule has 0 bridgehead atoms. The van der Waals surface area contributed by atoms with Crippen LogP contribution in [0.4, 0.5) is 30.9 Å². The van der Waals surface area contributed by atoms with E-state index in [2.05, 4.69) is 17.0 Å². The van der Waals surface area contributed by atoms with E-state index in [4.69, 9.17) is 0 Å². The predicted octanol–water partition coefficient (Wildman–Crippen LogP) is 5.92. The van der Waals surface area contributed by atoms with Crippen molar-refractivity contribution in [3.8, 4) is 0 Å². The summed E-state index contributed by atoms with van der Waals surface area (Å²) in [5, 5.41) is 0. The molecule has 0 unspecified atom stereocenters. The van der Waals surface area contributed by atoms with Crippen molar-refractivity contribution in [3.63, 3.8) is 0 Å². The molecular formula is C14H19F6N2P. The summed E-state index contributed by atoms with van der Waals surface area (Å²) in [4.78, 5) is 2.08. The van der Waals surface area contributed by atoms with Gasteiger partial charge in [0.05, 0.1) is 0 Å². The average molecular weight is 360 g/mol. The standard InChI is InChI=1S/C14H19N2.F6P/c1-15(2)12-8-5-9-13-16(3)14-10-6-4-7-11-14;1-7(2,3,4,5)6/h4-13H,1-3H3;/q+1;-1. The topological polar surface area (TPSA) is 6.25 Å². The maximum atomic E-state index is 9.87. The van der Waals surface area contributed by atoms with Crippen LogP contribution >= 0.6 is 7.81 Å². The number of anilines is 1. The molecule has 0 saturated heterocycles. The van der Waals surface area contributed by atoms with E-state index in [1.54, 1.807) is 0 Å². The number of benzene rings is 1. The van der Waals surface area contributed by atoms with Crippen LogP contribution in [0.15, 0.2) is 54.8 Å². The first-order chi connectivity index (χ1) is 10.1. The summed E-state index contributed by atoms with van der Waals surface area (Å²) in [6.07, 6.45) is 10.1. The van der Waals surface area contributed by atoms with Crippen molar-refractivity contribution in [3.05, 3.63) is 54.8 Å². The number of nitrogens with zero attached hydrogens (tertiary/aromatic N) is 2. The molecule has 0 aliphatic carbocycles. The minimum atomic E-state index is -10.7. The zero-order valence-electron chi connectivity index (χ0n) is 12.9. The van der Waals surface area contributed by atoms with E-state index < -0.39 is 7.81 Å². The molecule has 0 atom stereocenters. The third-order valence-corrected chi connectivity index (χ3v) is 2.08. The van der Waals surface area contributed by atoms with Crippen LogP contribution in [0.3, 0.4) is 0 Å². The summed E-state index contributed by atoms with van der Waals surface area (Å²) in [7, 11) is -4.61. The van der Waals surface area contributed by atoms with Gasteiger partial charge in [-0.3, -0.25) is 0 Å². The minimum absolute atomic E-state index is 1.18. The van der Waals surface area contributed by atoms with Crippen LogP contribution in [-0.2, 0) is 0 Å². The van der Waals surface area contributed by atoms with Gasteiger partial charge in [0.1, 0.15) is 14.1 Å². The van der Waals surface area contributed by atoms with Gasteiger partial charge in [0.25, 0.3) is 0 Å². The van der Waals surface area contributed by atoms with E-state index in [-0.39, 0.29) is 0 Å². The molecule has 2 nitrogen and oxygen atoms in total. The summed E-state index contributed by atoms with van der Waals surface area (Å²) in [5.74, 6) is 0. The van der Waals surface area contributed by atoms with Gasteiger partial charge in [-0.05, 0) is 18.2 Å². The van der Waals surface area contributed by atoms with Crippen LogP contribution in [0.2, 0.25) is 0 Å². The van der Waals surface area contributed by atoms with Crippen LogP contribution in [0.1, 0.15) is 0 Å². The van der Waals surface area contributed by atoms with Gasteiger partial charge in [0.15, 0.2) is 6.21 Å². The molecule has 1 aromatic carbocycles. The molecule has 0 aliphatic heterocycles. The predicted molar refractivity (Wildman–Crippen MR) is 84.9 cm³/mol. The molecule has 0 aromatic heterocycles.